The fourth-order valence-electron chi connectivity index (χ4n) is 3.83. The molecule has 1 N–H and O–H groups in total. The lowest BCUT2D eigenvalue weighted by molar-refractivity contribution is 0.122. The molecule has 0 bridgehead atoms. The summed E-state index contributed by atoms with van der Waals surface area (Å²) in [4.78, 5) is 0. The maximum Gasteiger partial charge on any atom is 0.166 e. The molecule has 0 radical (unpaired) electrons. The largest absolute Gasteiger partial charge is 0.497 e. The number of hydrogen-bond acceptors (Lipinski definition) is 2. The second kappa shape index (κ2) is 12.8. The Kier molecular flexibility index (Phi) is 10.1. The lowest BCUT2D eigenvalue weighted by Gasteiger charge is -2.26. The Morgan fingerprint density at radius 3 is 2.18 bits per heavy atom. The topological polar surface area (TPSA) is 29.5 Å². The first-order valence-electron chi connectivity index (χ1n) is 11.0. The van der Waals surface area contributed by atoms with Crippen LogP contribution in [0, 0.1) is 11.6 Å². The molecule has 0 aromatic heterocycles. The smallest absolute Gasteiger partial charge is 0.166 e. The van der Waals surface area contributed by atoms with Crippen LogP contribution in [0.2, 0.25) is 0 Å². The van der Waals surface area contributed by atoms with Gasteiger partial charge in [0.1, 0.15) is 11.6 Å². The highest BCUT2D eigenvalue weighted by Crippen LogP contribution is 2.37. The van der Waals surface area contributed by atoms with Crippen LogP contribution >= 0.6 is 0 Å². The van der Waals surface area contributed by atoms with Gasteiger partial charge in [-0.2, -0.15) is 0 Å². The average Bonchev–Trinajstić information content (AvgIpc) is 2.86. The predicted octanol–water partition coefficient (Wildman–Crippen LogP) is 8.04. The highest BCUT2D eigenvalue weighted by molar-refractivity contribution is 5.67. The third kappa shape index (κ3) is 6.84. The van der Waals surface area contributed by atoms with Crippen LogP contribution in [0.4, 0.5) is 13.2 Å². The molecular weight excluding hydrogens is 437 g/mol. The summed E-state index contributed by atoms with van der Waals surface area (Å²) in [7, 11) is 1.40. The van der Waals surface area contributed by atoms with E-state index in [0.29, 0.717) is 36.8 Å². The Morgan fingerprint density at radius 1 is 0.971 bits per heavy atom. The summed E-state index contributed by atoms with van der Waals surface area (Å²) in [5.74, 6) is -2.13. The fraction of sp³-hybridized carbons (Fsp3) is 0.241. The predicted molar refractivity (Wildman–Crippen MR) is 134 cm³/mol. The number of rotatable bonds is 7. The lowest BCUT2D eigenvalue weighted by atomic mass is 9.82. The van der Waals surface area contributed by atoms with E-state index in [1.165, 1.54) is 13.2 Å². The van der Waals surface area contributed by atoms with Crippen LogP contribution in [-0.4, -0.2) is 18.3 Å². The Balaban J connectivity index is 0.00000199. The molecule has 1 aliphatic carbocycles. The summed E-state index contributed by atoms with van der Waals surface area (Å²) in [5, 5.41) is 9.65. The van der Waals surface area contributed by atoms with E-state index >= 15 is 0 Å². The van der Waals surface area contributed by atoms with E-state index in [1.807, 2.05) is 0 Å². The van der Waals surface area contributed by atoms with Crippen LogP contribution in [0.3, 0.4) is 0 Å². The van der Waals surface area contributed by atoms with Gasteiger partial charge in [0.2, 0.25) is 0 Å². The van der Waals surface area contributed by atoms with Crippen molar-refractivity contribution >= 4 is 6.08 Å². The molecule has 1 saturated carbocycles. The molecule has 1 fully saturated rings. The van der Waals surface area contributed by atoms with Gasteiger partial charge in [0.05, 0.1) is 13.2 Å². The van der Waals surface area contributed by atoms with Gasteiger partial charge in [-0.3, -0.25) is 0 Å². The number of ether oxygens (including phenoxy) is 1. The van der Waals surface area contributed by atoms with E-state index in [9.17, 15) is 18.3 Å². The third-order valence-electron chi connectivity index (χ3n) is 5.80. The van der Waals surface area contributed by atoms with Gasteiger partial charge in [-0.15, -0.1) is 13.2 Å². The van der Waals surface area contributed by atoms with Gasteiger partial charge in [-0.1, -0.05) is 61.7 Å². The average molecular weight is 469 g/mol. The van der Waals surface area contributed by atoms with Crippen molar-refractivity contribution in [3.05, 3.63) is 115 Å². The molecule has 5 heteroatoms. The molecule has 0 atom stereocenters. The van der Waals surface area contributed by atoms with E-state index in [4.69, 9.17) is 4.74 Å². The maximum atomic E-state index is 14.8. The quantitative estimate of drug-likeness (QED) is 0.253. The SMILES string of the molecule is C=C.C=C(/C=C(/F)C(=C)/C=C/c1ccc(-c2ccc(C3CCC(O)CC3)c(F)c2F)cc1)OC. The summed E-state index contributed by atoms with van der Waals surface area (Å²) in [5.41, 5.74) is 2.03. The molecule has 0 spiro atoms. The van der Waals surface area contributed by atoms with Crippen LogP contribution in [-0.2, 0) is 4.74 Å². The second-order valence-electron chi connectivity index (χ2n) is 7.98. The Bertz CT molecular complexity index is 1060. The molecule has 180 valence electrons. The first kappa shape index (κ1) is 26.9. The van der Waals surface area contributed by atoms with Crippen molar-refractivity contribution in [2.24, 2.45) is 0 Å². The highest BCUT2D eigenvalue weighted by Gasteiger charge is 2.25. The molecule has 2 aromatic carbocycles. The molecule has 0 aliphatic heterocycles. The van der Waals surface area contributed by atoms with E-state index in [0.717, 1.165) is 11.6 Å². The summed E-state index contributed by atoms with van der Waals surface area (Å²) in [6.07, 6.45) is 6.50. The van der Waals surface area contributed by atoms with Crippen molar-refractivity contribution in [2.45, 2.75) is 37.7 Å². The van der Waals surface area contributed by atoms with Gasteiger partial charge >= 0.3 is 0 Å². The number of aliphatic hydroxyl groups is 1. The van der Waals surface area contributed by atoms with Gasteiger partial charge in [-0.25, -0.2) is 13.2 Å². The van der Waals surface area contributed by atoms with Crippen molar-refractivity contribution in [3.63, 3.8) is 0 Å². The standard InChI is InChI=1S/C27H27F3O2.C2H4/c1-17(25(28)16-18(2)32-3)4-5-19-6-8-20(9-7-19)23-14-15-24(27(30)26(23)29)21-10-12-22(31)13-11-21;1-2/h4-9,14-16,21-22,31H,1-2,10-13H2,3H3;1-2H2/b5-4+,25-16+;. The molecule has 0 amide bonds. The Morgan fingerprint density at radius 2 is 1.59 bits per heavy atom. The molecule has 2 nitrogen and oxygen atoms in total. The molecular formula is C29H31F3O2. The molecule has 0 unspecified atom stereocenters. The number of halogens is 3. The maximum absolute atomic E-state index is 14.8. The number of methoxy groups -OCH3 is 1. The molecule has 0 saturated heterocycles. The number of aliphatic hydroxyl groups excluding tert-OH is 1. The van der Waals surface area contributed by atoms with E-state index in [2.05, 4.69) is 26.3 Å². The summed E-state index contributed by atoms with van der Waals surface area (Å²) < 4.78 is 48.4. The summed E-state index contributed by atoms with van der Waals surface area (Å²) in [6, 6.07) is 10.1. The fourth-order valence-corrected chi connectivity index (χ4v) is 3.83. The van der Waals surface area contributed by atoms with Gasteiger partial charge in [-0.05, 0) is 48.3 Å². The monoisotopic (exact) mass is 468 g/mol. The number of hydrogen-bond donors (Lipinski definition) is 1. The van der Waals surface area contributed by atoms with Gasteiger partial charge in [0.25, 0.3) is 0 Å². The molecule has 1 aliphatic rings. The van der Waals surface area contributed by atoms with Crippen LogP contribution in [0.25, 0.3) is 17.2 Å². The van der Waals surface area contributed by atoms with Gasteiger partial charge in [0, 0.05) is 17.2 Å². The van der Waals surface area contributed by atoms with Gasteiger partial charge < -0.3 is 9.84 Å². The second-order valence-corrected chi connectivity index (χ2v) is 7.98. The molecule has 3 rings (SSSR count). The Hall–Kier alpha value is -3.31. The summed E-state index contributed by atoms with van der Waals surface area (Å²) >= 11 is 0. The van der Waals surface area contributed by atoms with Crippen molar-refractivity contribution < 1.29 is 23.0 Å². The number of allylic oxidation sites excluding steroid dienone is 4. The van der Waals surface area contributed by atoms with Crippen LogP contribution in [0.5, 0.6) is 0 Å². The minimum absolute atomic E-state index is 0.0712. The first-order chi connectivity index (χ1) is 16.3. The highest BCUT2D eigenvalue weighted by atomic mass is 19.2. The van der Waals surface area contributed by atoms with Crippen LogP contribution in [0.1, 0.15) is 42.7 Å². The number of benzene rings is 2. The molecule has 2 aromatic rings. The van der Waals surface area contributed by atoms with Crippen molar-refractivity contribution in [2.75, 3.05) is 7.11 Å². The summed E-state index contributed by atoms with van der Waals surface area (Å²) in [6.45, 7) is 13.2. The zero-order valence-corrected chi connectivity index (χ0v) is 19.5. The normalized spacial score (nSPS) is 18.2. The van der Waals surface area contributed by atoms with Gasteiger partial charge in [0.15, 0.2) is 11.6 Å². The minimum Gasteiger partial charge on any atom is -0.497 e. The zero-order chi connectivity index (χ0) is 25.3. The van der Waals surface area contributed by atoms with Crippen LogP contribution < -0.4 is 0 Å². The van der Waals surface area contributed by atoms with E-state index in [1.54, 1.807) is 42.5 Å². The molecule has 34 heavy (non-hydrogen) atoms. The first-order valence-corrected chi connectivity index (χ1v) is 11.0. The molecule has 0 heterocycles. The van der Waals surface area contributed by atoms with E-state index in [-0.39, 0.29) is 28.9 Å². The van der Waals surface area contributed by atoms with Crippen molar-refractivity contribution in [1.82, 2.24) is 0 Å². The van der Waals surface area contributed by atoms with Crippen molar-refractivity contribution in [1.29, 1.82) is 0 Å². The lowest BCUT2D eigenvalue weighted by Crippen LogP contribution is -2.18. The third-order valence-corrected chi connectivity index (χ3v) is 5.80. The zero-order valence-electron chi connectivity index (χ0n) is 19.5. The Labute approximate surface area is 200 Å². The minimum atomic E-state index is -0.865. The van der Waals surface area contributed by atoms with Crippen molar-refractivity contribution in [3.8, 4) is 11.1 Å². The van der Waals surface area contributed by atoms with E-state index < -0.39 is 17.5 Å². The van der Waals surface area contributed by atoms with Crippen LogP contribution in [0.15, 0.2) is 92.0 Å².